The van der Waals surface area contributed by atoms with Gasteiger partial charge < -0.3 is 24.2 Å². The van der Waals surface area contributed by atoms with Crippen molar-refractivity contribution in [1.29, 1.82) is 0 Å². The normalized spacial score (nSPS) is 18.8. The first-order valence-electron chi connectivity index (χ1n) is 11.0. The molecule has 2 aliphatic rings. The zero-order chi connectivity index (χ0) is 22.5. The third-order valence-corrected chi connectivity index (χ3v) is 5.85. The second kappa shape index (κ2) is 9.84. The van der Waals surface area contributed by atoms with E-state index in [1.807, 2.05) is 48.2 Å². The second-order valence-electron chi connectivity index (χ2n) is 7.99. The molecule has 2 aromatic rings. The van der Waals surface area contributed by atoms with Gasteiger partial charge in [0.15, 0.2) is 5.82 Å². The zero-order valence-electron chi connectivity index (χ0n) is 18.6. The molecule has 2 amide bonds. The number of anilines is 2. The van der Waals surface area contributed by atoms with Crippen LogP contribution in [-0.4, -0.2) is 73.4 Å². The number of rotatable bonds is 7. The number of aromatic nitrogens is 2. The Labute approximate surface area is 187 Å². The minimum atomic E-state index is -0.314. The lowest BCUT2D eigenvalue weighted by atomic mass is 10.1. The number of piperazine rings is 1. The van der Waals surface area contributed by atoms with Crippen LogP contribution in [0.2, 0.25) is 0 Å². The highest BCUT2D eigenvalue weighted by Gasteiger charge is 2.38. The number of nitrogens with zero attached hydrogens (tertiary/aromatic N) is 5. The molecule has 0 bridgehead atoms. The molecule has 0 radical (unpaired) electrons. The first kappa shape index (κ1) is 21.9. The second-order valence-corrected chi connectivity index (χ2v) is 7.99. The van der Waals surface area contributed by atoms with E-state index in [9.17, 15) is 9.59 Å². The van der Waals surface area contributed by atoms with Crippen molar-refractivity contribution >= 4 is 23.3 Å². The molecule has 2 saturated heterocycles. The van der Waals surface area contributed by atoms with E-state index in [-0.39, 0.29) is 24.2 Å². The van der Waals surface area contributed by atoms with Gasteiger partial charge in [-0.1, -0.05) is 6.92 Å². The third kappa shape index (κ3) is 4.76. The first-order valence-corrected chi connectivity index (χ1v) is 11.0. The lowest BCUT2D eigenvalue weighted by molar-refractivity contribution is -0.136. The van der Waals surface area contributed by atoms with Crippen molar-refractivity contribution < 1.29 is 19.1 Å². The SMILES string of the molecule is CCCOc1ccc(N2CCN(C(=O)[C@H]3CC(=O)N(c4ccc(OC)cc4)C3)CC2)nn1. The number of methoxy groups -OCH3 is 1. The molecule has 0 spiro atoms. The molecule has 0 saturated carbocycles. The molecule has 9 heteroatoms. The summed E-state index contributed by atoms with van der Waals surface area (Å²) in [6.07, 6.45) is 1.17. The van der Waals surface area contributed by atoms with Gasteiger partial charge in [-0.25, -0.2) is 0 Å². The standard InChI is InChI=1S/C23H29N5O4/c1-3-14-32-21-9-8-20(24-25-21)26-10-12-27(13-11-26)23(30)17-15-22(29)28(16-17)18-4-6-19(31-2)7-5-18/h4-9,17H,3,10-16H2,1-2H3/t17-/m0/s1. The molecule has 4 rings (SSSR count). The Bertz CT molecular complexity index is 926. The fourth-order valence-electron chi connectivity index (χ4n) is 4.06. The van der Waals surface area contributed by atoms with Crippen molar-refractivity contribution in [2.45, 2.75) is 19.8 Å². The fourth-order valence-corrected chi connectivity index (χ4v) is 4.06. The highest BCUT2D eigenvalue weighted by atomic mass is 16.5. The summed E-state index contributed by atoms with van der Waals surface area (Å²) in [5, 5.41) is 8.38. The van der Waals surface area contributed by atoms with Crippen molar-refractivity contribution in [2.75, 3.05) is 56.2 Å². The van der Waals surface area contributed by atoms with Crippen LogP contribution in [0.5, 0.6) is 11.6 Å². The Balaban J connectivity index is 1.31. The van der Waals surface area contributed by atoms with Gasteiger partial charge in [0.25, 0.3) is 0 Å². The van der Waals surface area contributed by atoms with E-state index in [4.69, 9.17) is 9.47 Å². The van der Waals surface area contributed by atoms with E-state index >= 15 is 0 Å². The molecule has 1 aromatic carbocycles. The van der Waals surface area contributed by atoms with Crippen molar-refractivity contribution in [3.05, 3.63) is 36.4 Å². The van der Waals surface area contributed by atoms with Gasteiger partial charge in [0, 0.05) is 50.9 Å². The van der Waals surface area contributed by atoms with Crippen LogP contribution in [0.25, 0.3) is 0 Å². The van der Waals surface area contributed by atoms with E-state index in [1.165, 1.54) is 0 Å². The average molecular weight is 440 g/mol. The van der Waals surface area contributed by atoms with Gasteiger partial charge in [0.2, 0.25) is 17.7 Å². The number of amides is 2. The molecule has 2 aliphatic heterocycles. The summed E-state index contributed by atoms with van der Waals surface area (Å²) in [5.41, 5.74) is 0.792. The molecule has 3 heterocycles. The predicted octanol–water partition coefficient (Wildman–Crippen LogP) is 1.98. The van der Waals surface area contributed by atoms with Gasteiger partial charge in [-0.2, -0.15) is 0 Å². The lowest BCUT2D eigenvalue weighted by Crippen LogP contribution is -2.51. The lowest BCUT2D eigenvalue weighted by Gasteiger charge is -2.36. The Hall–Kier alpha value is -3.36. The Morgan fingerprint density at radius 3 is 2.44 bits per heavy atom. The minimum Gasteiger partial charge on any atom is -0.497 e. The summed E-state index contributed by atoms with van der Waals surface area (Å²) >= 11 is 0. The molecule has 0 N–H and O–H groups in total. The first-order chi connectivity index (χ1) is 15.6. The van der Waals surface area contributed by atoms with Gasteiger partial charge in [-0.05, 0) is 36.8 Å². The van der Waals surface area contributed by atoms with E-state index in [2.05, 4.69) is 15.1 Å². The summed E-state index contributed by atoms with van der Waals surface area (Å²) < 4.78 is 10.7. The number of carbonyl (C=O) groups excluding carboxylic acids is 2. The summed E-state index contributed by atoms with van der Waals surface area (Å²) in [6, 6.07) is 11.1. The molecule has 0 aliphatic carbocycles. The molecule has 1 atom stereocenters. The number of hydrogen-bond acceptors (Lipinski definition) is 7. The smallest absolute Gasteiger partial charge is 0.233 e. The van der Waals surface area contributed by atoms with Crippen LogP contribution in [0, 0.1) is 5.92 Å². The van der Waals surface area contributed by atoms with Crippen molar-refractivity contribution in [2.24, 2.45) is 5.92 Å². The van der Waals surface area contributed by atoms with Crippen LogP contribution >= 0.6 is 0 Å². The number of carbonyl (C=O) groups is 2. The van der Waals surface area contributed by atoms with Crippen LogP contribution in [0.1, 0.15) is 19.8 Å². The molecule has 1 aromatic heterocycles. The third-order valence-electron chi connectivity index (χ3n) is 5.85. The topological polar surface area (TPSA) is 88.1 Å². The number of hydrogen-bond donors (Lipinski definition) is 0. The van der Waals surface area contributed by atoms with Crippen LogP contribution in [-0.2, 0) is 9.59 Å². The molecular formula is C23H29N5O4. The summed E-state index contributed by atoms with van der Waals surface area (Å²) in [6.45, 7) is 5.63. The summed E-state index contributed by atoms with van der Waals surface area (Å²) in [5.74, 6) is 1.75. The maximum atomic E-state index is 13.1. The van der Waals surface area contributed by atoms with Gasteiger partial charge in [-0.15, -0.1) is 10.2 Å². The van der Waals surface area contributed by atoms with Gasteiger partial charge in [-0.3, -0.25) is 9.59 Å². The Kier molecular flexibility index (Phi) is 6.72. The van der Waals surface area contributed by atoms with E-state index in [0.717, 1.165) is 23.7 Å². The van der Waals surface area contributed by atoms with Gasteiger partial charge >= 0.3 is 0 Å². The van der Waals surface area contributed by atoms with Crippen molar-refractivity contribution in [3.63, 3.8) is 0 Å². The maximum Gasteiger partial charge on any atom is 0.233 e. The van der Waals surface area contributed by atoms with Crippen molar-refractivity contribution in [3.8, 4) is 11.6 Å². The molecule has 0 unspecified atom stereocenters. The largest absolute Gasteiger partial charge is 0.497 e. The predicted molar refractivity (Wildman–Crippen MR) is 120 cm³/mol. The maximum absolute atomic E-state index is 13.1. The highest BCUT2D eigenvalue weighted by molar-refractivity contribution is 6.00. The van der Waals surface area contributed by atoms with Crippen LogP contribution < -0.4 is 19.3 Å². The summed E-state index contributed by atoms with van der Waals surface area (Å²) in [4.78, 5) is 31.3. The van der Waals surface area contributed by atoms with E-state index in [0.29, 0.717) is 45.2 Å². The number of ether oxygens (including phenoxy) is 2. The van der Waals surface area contributed by atoms with Gasteiger partial charge in [0.05, 0.1) is 19.6 Å². The fraction of sp³-hybridized carbons (Fsp3) is 0.478. The monoisotopic (exact) mass is 439 g/mol. The Morgan fingerprint density at radius 2 is 1.81 bits per heavy atom. The molecule has 2 fully saturated rings. The quantitative estimate of drug-likeness (QED) is 0.652. The number of benzene rings is 1. The van der Waals surface area contributed by atoms with Crippen LogP contribution in [0.4, 0.5) is 11.5 Å². The zero-order valence-corrected chi connectivity index (χ0v) is 18.6. The average Bonchev–Trinajstić information content (AvgIpc) is 3.24. The Morgan fingerprint density at radius 1 is 1.06 bits per heavy atom. The molecular weight excluding hydrogens is 410 g/mol. The van der Waals surface area contributed by atoms with E-state index < -0.39 is 0 Å². The molecule has 9 nitrogen and oxygen atoms in total. The summed E-state index contributed by atoms with van der Waals surface area (Å²) in [7, 11) is 1.61. The molecule has 32 heavy (non-hydrogen) atoms. The van der Waals surface area contributed by atoms with Crippen LogP contribution in [0.3, 0.4) is 0 Å². The van der Waals surface area contributed by atoms with Gasteiger partial charge in [0.1, 0.15) is 5.75 Å². The molecule has 170 valence electrons. The van der Waals surface area contributed by atoms with E-state index in [1.54, 1.807) is 12.0 Å². The van der Waals surface area contributed by atoms with Crippen molar-refractivity contribution in [1.82, 2.24) is 15.1 Å². The minimum absolute atomic E-state index is 0.0205. The van der Waals surface area contributed by atoms with Crippen LogP contribution in [0.15, 0.2) is 36.4 Å². The highest BCUT2D eigenvalue weighted by Crippen LogP contribution is 2.28.